The van der Waals surface area contributed by atoms with Gasteiger partial charge in [-0.2, -0.15) is 13.2 Å². The first kappa shape index (κ1) is 16.3. The standard InChI is InChI=1S/C16H16F3NO2/c17-16(18,19)14-7-3-1-5-12(14)13-6-2-4-8-15(13)20-9-11(22)10-21/h1-8,11,20-22H,9-10H2. The maximum absolute atomic E-state index is 13.1. The zero-order valence-electron chi connectivity index (χ0n) is 11.6. The van der Waals surface area contributed by atoms with E-state index in [1.54, 1.807) is 30.3 Å². The van der Waals surface area contributed by atoms with E-state index in [1.807, 2.05) is 0 Å². The summed E-state index contributed by atoms with van der Waals surface area (Å²) in [6.45, 7) is -0.379. The lowest BCUT2D eigenvalue weighted by molar-refractivity contribution is -0.137. The molecule has 3 nitrogen and oxygen atoms in total. The van der Waals surface area contributed by atoms with Crippen LogP contribution in [-0.4, -0.2) is 29.5 Å². The number of aliphatic hydroxyl groups is 2. The predicted molar refractivity (Wildman–Crippen MR) is 78.5 cm³/mol. The molecule has 1 atom stereocenters. The Labute approximate surface area is 126 Å². The summed E-state index contributed by atoms with van der Waals surface area (Å²) in [7, 11) is 0. The van der Waals surface area contributed by atoms with E-state index in [2.05, 4.69) is 5.32 Å². The number of nitrogens with one attached hydrogen (secondary N) is 1. The van der Waals surface area contributed by atoms with E-state index in [9.17, 15) is 18.3 Å². The number of hydrogen-bond donors (Lipinski definition) is 3. The lowest BCUT2D eigenvalue weighted by atomic mass is 9.97. The normalized spacial score (nSPS) is 13.0. The van der Waals surface area contributed by atoms with Gasteiger partial charge in [-0.1, -0.05) is 36.4 Å². The molecule has 6 heteroatoms. The zero-order valence-corrected chi connectivity index (χ0v) is 11.6. The molecule has 0 radical (unpaired) electrons. The van der Waals surface area contributed by atoms with Crippen molar-refractivity contribution in [3.8, 4) is 11.1 Å². The van der Waals surface area contributed by atoms with Gasteiger partial charge >= 0.3 is 6.18 Å². The minimum Gasteiger partial charge on any atom is -0.394 e. The molecular weight excluding hydrogens is 295 g/mol. The number of anilines is 1. The van der Waals surface area contributed by atoms with Crippen molar-refractivity contribution in [1.29, 1.82) is 0 Å². The number of hydrogen-bond acceptors (Lipinski definition) is 3. The third-order valence-corrected chi connectivity index (χ3v) is 3.19. The molecule has 0 amide bonds. The number of halogens is 3. The molecule has 0 spiro atoms. The molecule has 0 bridgehead atoms. The third kappa shape index (κ3) is 3.78. The summed E-state index contributed by atoms with van der Waals surface area (Å²) in [6, 6.07) is 11.9. The minimum atomic E-state index is -4.45. The predicted octanol–water partition coefficient (Wildman–Crippen LogP) is 3.14. The fourth-order valence-corrected chi connectivity index (χ4v) is 2.13. The first-order chi connectivity index (χ1) is 10.4. The van der Waals surface area contributed by atoms with Gasteiger partial charge in [0, 0.05) is 17.8 Å². The van der Waals surface area contributed by atoms with Crippen molar-refractivity contribution in [3.63, 3.8) is 0 Å². The summed E-state index contributed by atoms with van der Waals surface area (Å²) >= 11 is 0. The van der Waals surface area contributed by atoms with Gasteiger partial charge in [-0.15, -0.1) is 0 Å². The molecule has 2 aromatic carbocycles. The van der Waals surface area contributed by atoms with Crippen molar-refractivity contribution in [1.82, 2.24) is 0 Å². The van der Waals surface area contributed by atoms with Crippen LogP contribution in [0.4, 0.5) is 18.9 Å². The number of para-hydroxylation sites is 1. The number of alkyl halides is 3. The molecule has 3 N–H and O–H groups in total. The molecule has 2 rings (SSSR count). The zero-order chi connectivity index (χ0) is 16.2. The Balaban J connectivity index is 2.42. The summed E-state index contributed by atoms with van der Waals surface area (Å²) in [5.41, 5.74) is 0.204. The van der Waals surface area contributed by atoms with Gasteiger partial charge in [-0.05, 0) is 17.7 Å². The van der Waals surface area contributed by atoms with Gasteiger partial charge in [0.15, 0.2) is 0 Å². The first-order valence-corrected chi connectivity index (χ1v) is 6.72. The van der Waals surface area contributed by atoms with E-state index in [4.69, 9.17) is 5.11 Å². The van der Waals surface area contributed by atoms with E-state index in [0.29, 0.717) is 11.3 Å². The summed E-state index contributed by atoms with van der Waals surface area (Å²) in [4.78, 5) is 0. The smallest absolute Gasteiger partial charge is 0.394 e. The van der Waals surface area contributed by atoms with Crippen molar-refractivity contribution in [2.45, 2.75) is 12.3 Å². The molecule has 0 aliphatic heterocycles. The highest BCUT2D eigenvalue weighted by molar-refractivity contribution is 5.80. The molecule has 1 unspecified atom stereocenters. The molecule has 0 aliphatic rings. The fourth-order valence-electron chi connectivity index (χ4n) is 2.13. The Morgan fingerprint density at radius 1 is 0.955 bits per heavy atom. The van der Waals surface area contributed by atoms with Crippen molar-refractivity contribution < 1.29 is 23.4 Å². The van der Waals surface area contributed by atoms with E-state index >= 15 is 0 Å². The van der Waals surface area contributed by atoms with Crippen molar-refractivity contribution in [2.75, 3.05) is 18.5 Å². The Hall–Kier alpha value is -2.05. The Kier molecular flexibility index (Phi) is 5.05. The summed E-state index contributed by atoms with van der Waals surface area (Å²) < 4.78 is 39.4. The number of rotatable bonds is 5. The maximum Gasteiger partial charge on any atom is 0.417 e. The highest BCUT2D eigenvalue weighted by Crippen LogP contribution is 2.39. The second kappa shape index (κ2) is 6.81. The monoisotopic (exact) mass is 311 g/mol. The van der Waals surface area contributed by atoms with Crippen LogP contribution in [0.25, 0.3) is 11.1 Å². The summed E-state index contributed by atoms with van der Waals surface area (Å²) in [5.74, 6) is 0. The molecule has 0 saturated carbocycles. The van der Waals surface area contributed by atoms with E-state index in [-0.39, 0.29) is 12.1 Å². The Bertz CT molecular complexity index is 629. The Morgan fingerprint density at radius 3 is 2.18 bits per heavy atom. The quantitative estimate of drug-likeness (QED) is 0.795. The Morgan fingerprint density at radius 2 is 1.55 bits per heavy atom. The summed E-state index contributed by atoms with van der Waals surface area (Å²) in [5, 5.41) is 21.0. The van der Waals surface area contributed by atoms with Gasteiger partial charge in [0.2, 0.25) is 0 Å². The molecule has 118 valence electrons. The third-order valence-electron chi connectivity index (χ3n) is 3.19. The molecule has 22 heavy (non-hydrogen) atoms. The minimum absolute atomic E-state index is 0.0434. The van der Waals surface area contributed by atoms with Crippen molar-refractivity contribution >= 4 is 5.69 Å². The topological polar surface area (TPSA) is 52.5 Å². The van der Waals surface area contributed by atoms with Gasteiger partial charge in [0.1, 0.15) is 0 Å². The van der Waals surface area contributed by atoms with Crippen LogP contribution in [0.15, 0.2) is 48.5 Å². The largest absolute Gasteiger partial charge is 0.417 e. The molecule has 0 fully saturated rings. The van der Waals surface area contributed by atoms with Gasteiger partial charge in [0.05, 0.1) is 18.3 Å². The highest BCUT2D eigenvalue weighted by Gasteiger charge is 2.33. The average Bonchev–Trinajstić information content (AvgIpc) is 2.52. The lowest BCUT2D eigenvalue weighted by Crippen LogP contribution is -2.23. The van der Waals surface area contributed by atoms with Crippen LogP contribution in [0.2, 0.25) is 0 Å². The van der Waals surface area contributed by atoms with Crippen LogP contribution >= 0.6 is 0 Å². The first-order valence-electron chi connectivity index (χ1n) is 6.72. The van der Waals surface area contributed by atoms with Gasteiger partial charge in [0.25, 0.3) is 0 Å². The van der Waals surface area contributed by atoms with Crippen LogP contribution in [0.3, 0.4) is 0 Å². The van der Waals surface area contributed by atoms with Gasteiger partial charge < -0.3 is 15.5 Å². The molecular formula is C16H16F3NO2. The average molecular weight is 311 g/mol. The van der Waals surface area contributed by atoms with Crippen LogP contribution in [-0.2, 0) is 6.18 Å². The molecule has 2 aromatic rings. The van der Waals surface area contributed by atoms with Gasteiger partial charge in [-0.3, -0.25) is 0 Å². The van der Waals surface area contributed by atoms with Crippen LogP contribution < -0.4 is 5.32 Å². The lowest BCUT2D eigenvalue weighted by Gasteiger charge is -2.17. The fraction of sp³-hybridized carbons (Fsp3) is 0.250. The van der Waals surface area contributed by atoms with Crippen molar-refractivity contribution in [2.24, 2.45) is 0 Å². The second-order valence-electron chi connectivity index (χ2n) is 4.81. The molecule has 0 aliphatic carbocycles. The van der Waals surface area contributed by atoms with Gasteiger partial charge in [-0.25, -0.2) is 0 Å². The van der Waals surface area contributed by atoms with E-state index in [1.165, 1.54) is 12.1 Å². The van der Waals surface area contributed by atoms with Crippen LogP contribution in [0.5, 0.6) is 0 Å². The number of benzene rings is 2. The van der Waals surface area contributed by atoms with E-state index < -0.39 is 24.5 Å². The second-order valence-corrected chi connectivity index (χ2v) is 4.81. The van der Waals surface area contributed by atoms with Crippen LogP contribution in [0.1, 0.15) is 5.56 Å². The summed E-state index contributed by atoms with van der Waals surface area (Å²) in [6.07, 6.45) is -5.43. The van der Waals surface area contributed by atoms with E-state index in [0.717, 1.165) is 6.07 Å². The molecule has 0 heterocycles. The maximum atomic E-state index is 13.1. The molecule has 0 saturated heterocycles. The van der Waals surface area contributed by atoms with Crippen molar-refractivity contribution in [3.05, 3.63) is 54.1 Å². The SMILES string of the molecule is OCC(O)CNc1ccccc1-c1ccccc1C(F)(F)F. The number of aliphatic hydroxyl groups excluding tert-OH is 2. The van der Waals surface area contributed by atoms with Crippen LogP contribution in [0, 0.1) is 0 Å². The highest BCUT2D eigenvalue weighted by atomic mass is 19.4. The molecule has 0 aromatic heterocycles.